The van der Waals surface area contributed by atoms with E-state index in [9.17, 15) is 9.18 Å². The molecule has 1 amide bonds. The summed E-state index contributed by atoms with van der Waals surface area (Å²) in [7, 11) is 1.41. The first kappa shape index (κ1) is 15.1. The summed E-state index contributed by atoms with van der Waals surface area (Å²) in [5.41, 5.74) is 2.42. The van der Waals surface area contributed by atoms with Crippen molar-refractivity contribution in [2.24, 2.45) is 0 Å². The number of carbonyl (C=O) groups excluding carboxylic acids is 1. The third kappa shape index (κ3) is 2.25. The normalized spacial score (nSPS) is 21.5. The van der Waals surface area contributed by atoms with Crippen molar-refractivity contribution in [3.05, 3.63) is 52.9 Å². The molecule has 0 N–H and O–H groups in total. The van der Waals surface area contributed by atoms with Crippen LogP contribution < -0.4 is 4.74 Å². The maximum absolute atomic E-state index is 14.0. The summed E-state index contributed by atoms with van der Waals surface area (Å²) in [5, 5.41) is 0. The molecule has 2 aliphatic rings. The minimum absolute atomic E-state index is 0.0167. The maximum atomic E-state index is 14.0. The fourth-order valence-electron chi connectivity index (χ4n) is 3.84. The molecule has 6 heteroatoms. The van der Waals surface area contributed by atoms with Gasteiger partial charge in [-0.3, -0.25) is 4.79 Å². The molecule has 2 atom stereocenters. The molecule has 24 heavy (non-hydrogen) atoms. The van der Waals surface area contributed by atoms with Crippen molar-refractivity contribution in [3.8, 4) is 5.75 Å². The maximum Gasteiger partial charge on any atom is 0.254 e. The fourth-order valence-corrected chi connectivity index (χ4v) is 3.84. The lowest BCUT2D eigenvalue weighted by Crippen LogP contribution is -2.42. The summed E-state index contributed by atoms with van der Waals surface area (Å²) >= 11 is 0. The van der Waals surface area contributed by atoms with Gasteiger partial charge < -0.3 is 9.64 Å². The van der Waals surface area contributed by atoms with Crippen LogP contribution in [0.15, 0.2) is 24.4 Å². The molecule has 0 aliphatic carbocycles. The van der Waals surface area contributed by atoms with E-state index >= 15 is 0 Å². The second kappa shape index (κ2) is 5.54. The van der Waals surface area contributed by atoms with E-state index in [1.54, 1.807) is 6.07 Å². The van der Waals surface area contributed by atoms with Gasteiger partial charge in [0.1, 0.15) is 5.82 Å². The molecule has 0 radical (unpaired) electrons. The van der Waals surface area contributed by atoms with Crippen LogP contribution in [0.4, 0.5) is 4.39 Å². The van der Waals surface area contributed by atoms with Crippen LogP contribution in [0.1, 0.15) is 46.3 Å². The summed E-state index contributed by atoms with van der Waals surface area (Å²) in [6.07, 6.45) is 4.40. The summed E-state index contributed by atoms with van der Waals surface area (Å²) in [6.45, 7) is 1.87. The van der Waals surface area contributed by atoms with Gasteiger partial charge in [0, 0.05) is 29.8 Å². The summed E-state index contributed by atoms with van der Waals surface area (Å²) in [5.74, 6) is 0.231. The number of methoxy groups -OCH3 is 1. The zero-order valence-corrected chi connectivity index (χ0v) is 13.6. The number of carbonyl (C=O) groups is 1. The highest BCUT2D eigenvalue weighted by molar-refractivity contribution is 5.95. The van der Waals surface area contributed by atoms with Crippen LogP contribution in [-0.2, 0) is 6.42 Å². The number of hydrogen-bond donors (Lipinski definition) is 0. The number of fused-ring (bicyclic) bond motifs is 4. The SMILES string of the molecule is COc1ccc(C(=O)N2[C@H]3CC[C@@H]2c2cnc(C)nc2C3)cc1F. The van der Waals surface area contributed by atoms with Gasteiger partial charge in [-0.1, -0.05) is 0 Å². The first-order valence-electron chi connectivity index (χ1n) is 8.07. The number of hydrogen-bond acceptors (Lipinski definition) is 4. The Balaban J connectivity index is 1.69. The predicted molar refractivity (Wildman–Crippen MR) is 85.4 cm³/mol. The van der Waals surface area contributed by atoms with Gasteiger partial charge in [-0.15, -0.1) is 0 Å². The summed E-state index contributed by atoms with van der Waals surface area (Å²) in [6, 6.07) is 4.47. The Morgan fingerprint density at radius 3 is 2.96 bits per heavy atom. The Bertz CT molecular complexity index is 824. The van der Waals surface area contributed by atoms with Crippen LogP contribution in [0.3, 0.4) is 0 Å². The van der Waals surface area contributed by atoms with Crippen LogP contribution in [-0.4, -0.2) is 33.9 Å². The fraction of sp³-hybridized carbons (Fsp3) is 0.389. The van der Waals surface area contributed by atoms with Gasteiger partial charge in [0.2, 0.25) is 0 Å². The minimum Gasteiger partial charge on any atom is -0.494 e. The topological polar surface area (TPSA) is 55.3 Å². The molecule has 1 aromatic heterocycles. The lowest BCUT2D eigenvalue weighted by molar-refractivity contribution is 0.0643. The summed E-state index contributed by atoms with van der Waals surface area (Å²) in [4.78, 5) is 23.7. The number of halogens is 1. The molecule has 1 fully saturated rings. The third-order valence-electron chi connectivity index (χ3n) is 4.94. The van der Waals surface area contributed by atoms with Crippen molar-refractivity contribution in [2.45, 2.75) is 38.3 Å². The van der Waals surface area contributed by atoms with Crippen LogP contribution in [0, 0.1) is 12.7 Å². The second-order valence-electron chi connectivity index (χ2n) is 6.33. The Kier molecular flexibility index (Phi) is 3.48. The van der Waals surface area contributed by atoms with Gasteiger partial charge in [-0.05, 0) is 38.0 Å². The van der Waals surface area contributed by atoms with E-state index in [1.165, 1.54) is 19.2 Å². The molecule has 5 nitrogen and oxygen atoms in total. The standard InChI is InChI=1S/C18H18FN3O2/c1-10-20-9-13-15(21-10)8-12-4-5-16(13)22(12)18(23)11-3-6-17(24-2)14(19)7-11/h3,6-7,9,12,16H,4-5,8H2,1-2H3/t12-,16+/m0/s1. The molecule has 0 saturated carbocycles. The van der Waals surface area contributed by atoms with Gasteiger partial charge >= 0.3 is 0 Å². The average Bonchev–Trinajstić information content (AvgIpc) is 2.89. The number of benzene rings is 1. The quantitative estimate of drug-likeness (QED) is 0.851. The van der Waals surface area contributed by atoms with Crippen molar-refractivity contribution in [1.82, 2.24) is 14.9 Å². The number of ether oxygens (including phenoxy) is 1. The first-order chi connectivity index (χ1) is 11.6. The van der Waals surface area contributed by atoms with E-state index in [0.717, 1.165) is 36.3 Å². The average molecular weight is 327 g/mol. The molecule has 3 heterocycles. The van der Waals surface area contributed by atoms with E-state index < -0.39 is 5.82 Å². The smallest absolute Gasteiger partial charge is 0.254 e. The third-order valence-corrected chi connectivity index (χ3v) is 4.94. The van der Waals surface area contributed by atoms with Crippen molar-refractivity contribution in [1.29, 1.82) is 0 Å². The Morgan fingerprint density at radius 2 is 2.21 bits per heavy atom. The zero-order chi connectivity index (χ0) is 16.8. The number of amides is 1. The highest BCUT2D eigenvalue weighted by Crippen LogP contribution is 2.43. The van der Waals surface area contributed by atoms with E-state index in [1.807, 2.05) is 18.0 Å². The molecule has 1 aromatic carbocycles. The molecule has 2 aromatic rings. The molecule has 4 rings (SSSR count). The highest BCUT2D eigenvalue weighted by atomic mass is 19.1. The van der Waals surface area contributed by atoms with Crippen LogP contribution >= 0.6 is 0 Å². The largest absolute Gasteiger partial charge is 0.494 e. The number of rotatable bonds is 2. The molecular weight excluding hydrogens is 309 g/mol. The van der Waals surface area contributed by atoms with Crippen LogP contribution in [0.2, 0.25) is 0 Å². The van der Waals surface area contributed by atoms with Crippen LogP contribution in [0.25, 0.3) is 0 Å². The Labute approximate surface area is 139 Å². The van der Waals surface area contributed by atoms with Gasteiger partial charge in [0.15, 0.2) is 11.6 Å². The Hall–Kier alpha value is -2.50. The van der Waals surface area contributed by atoms with E-state index in [2.05, 4.69) is 9.97 Å². The predicted octanol–water partition coefficient (Wildman–Crippen LogP) is 2.83. The molecular formula is C18H18FN3O2. The zero-order valence-electron chi connectivity index (χ0n) is 13.6. The second-order valence-corrected chi connectivity index (χ2v) is 6.33. The number of nitrogens with zero attached hydrogens (tertiary/aromatic N) is 3. The van der Waals surface area contributed by atoms with Gasteiger partial charge in [0.25, 0.3) is 5.91 Å². The van der Waals surface area contributed by atoms with Gasteiger partial charge in [-0.2, -0.15) is 0 Å². The summed E-state index contributed by atoms with van der Waals surface area (Å²) < 4.78 is 18.9. The van der Waals surface area contributed by atoms with Crippen molar-refractivity contribution in [2.75, 3.05) is 7.11 Å². The van der Waals surface area contributed by atoms with Gasteiger partial charge in [-0.25, -0.2) is 14.4 Å². The van der Waals surface area contributed by atoms with E-state index in [0.29, 0.717) is 5.56 Å². The first-order valence-corrected chi connectivity index (χ1v) is 8.07. The molecule has 1 saturated heterocycles. The lowest BCUT2D eigenvalue weighted by atomic mass is 9.98. The number of aryl methyl sites for hydroxylation is 1. The number of aromatic nitrogens is 2. The van der Waals surface area contributed by atoms with E-state index in [-0.39, 0.29) is 23.7 Å². The van der Waals surface area contributed by atoms with Crippen molar-refractivity contribution in [3.63, 3.8) is 0 Å². The molecule has 0 unspecified atom stereocenters. The monoisotopic (exact) mass is 327 g/mol. The van der Waals surface area contributed by atoms with Crippen LogP contribution in [0.5, 0.6) is 5.75 Å². The lowest BCUT2D eigenvalue weighted by Gasteiger charge is -2.35. The van der Waals surface area contributed by atoms with Gasteiger partial charge in [0.05, 0.1) is 18.8 Å². The molecule has 2 bridgehead atoms. The molecule has 124 valence electrons. The van der Waals surface area contributed by atoms with Crippen molar-refractivity contribution < 1.29 is 13.9 Å². The van der Waals surface area contributed by atoms with E-state index in [4.69, 9.17) is 4.74 Å². The Morgan fingerprint density at radius 1 is 1.38 bits per heavy atom. The molecule has 2 aliphatic heterocycles. The molecule has 0 spiro atoms. The highest BCUT2D eigenvalue weighted by Gasteiger charge is 2.43. The van der Waals surface area contributed by atoms with Crippen molar-refractivity contribution >= 4 is 5.91 Å². The minimum atomic E-state index is -0.521.